The average molecular weight is 263 g/mol. The summed E-state index contributed by atoms with van der Waals surface area (Å²) in [5, 5.41) is 11.8. The number of nitrogens with one attached hydrogen (secondary N) is 2. The highest BCUT2D eigenvalue weighted by Gasteiger charge is 2.56. The van der Waals surface area contributed by atoms with E-state index in [-0.39, 0.29) is 18.2 Å². The van der Waals surface area contributed by atoms with Crippen molar-refractivity contribution >= 4 is 11.9 Å². The summed E-state index contributed by atoms with van der Waals surface area (Å²) in [7, 11) is 0. The molecule has 0 bridgehead atoms. The van der Waals surface area contributed by atoms with Crippen molar-refractivity contribution < 1.29 is 14.7 Å². The monoisotopic (exact) mass is 263 g/mol. The molecule has 0 spiro atoms. The number of imidazole rings is 1. The summed E-state index contributed by atoms with van der Waals surface area (Å²) < 4.78 is 0. The number of fused-ring (bicyclic) bond motifs is 1. The van der Waals surface area contributed by atoms with E-state index in [1.165, 1.54) is 12.7 Å². The second kappa shape index (κ2) is 4.68. The van der Waals surface area contributed by atoms with Gasteiger partial charge in [-0.2, -0.15) is 0 Å². The molecule has 2 saturated carbocycles. The van der Waals surface area contributed by atoms with Crippen molar-refractivity contribution in [3.05, 3.63) is 18.2 Å². The van der Waals surface area contributed by atoms with E-state index >= 15 is 0 Å². The Bertz CT molecular complexity index is 475. The molecule has 3 rings (SSSR count). The molecule has 1 aromatic rings. The molecule has 1 heterocycles. The standard InChI is InChI=1S/C13H17N3O3/c17-12(11-8-2-1-3-9(8)11)16-10(13(18)19)4-7-5-14-6-15-7/h5-6,8-11H,1-4H2,(H,14,15)(H,16,17)(H,18,19)/t8?,9?,10-,11?/m0/s1. The molecule has 6 nitrogen and oxygen atoms in total. The number of hydrogen-bond acceptors (Lipinski definition) is 3. The number of aliphatic carboxylic acids is 1. The highest BCUT2D eigenvalue weighted by molar-refractivity contribution is 5.87. The van der Waals surface area contributed by atoms with E-state index in [9.17, 15) is 14.7 Å². The van der Waals surface area contributed by atoms with Crippen molar-refractivity contribution in [2.24, 2.45) is 17.8 Å². The maximum absolute atomic E-state index is 12.1. The number of nitrogens with zero attached hydrogens (tertiary/aromatic N) is 1. The molecule has 102 valence electrons. The van der Waals surface area contributed by atoms with Crippen molar-refractivity contribution in [3.8, 4) is 0 Å². The van der Waals surface area contributed by atoms with Gasteiger partial charge in [-0.1, -0.05) is 6.42 Å². The minimum absolute atomic E-state index is 0.0531. The predicted octanol–water partition coefficient (Wildman–Crippen LogP) is 0.568. The lowest BCUT2D eigenvalue weighted by atomic mass is 10.1. The second-order valence-electron chi connectivity index (χ2n) is 5.46. The highest BCUT2D eigenvalue weighted by Crippen LogP contribution is 2.57. The molecule has 1 aromatic heterocycles. The van der Waals surface area contributed by atoms with E-state index in [2.05, 4.69) is 15.3 Å². The van der Waals surface area contributed by atoms with Crippen LogP contribution in [0.25, 0.3) is 0 Å². The van der Waals surface area contributed by atoms with Crippen molar-refractivity contribution in [1.82, 2.24) is 15.3 Å². The zero-order valence-corrected chi connectivity index (χ0v) is 10.5. The molecule has 3 N–H and O–H groups in total. The minimum Gasteiger partial charge on any atom is -0.480 e. The Hall–Kier alpha value is -1.85. The van der Waals surface area contributed by atoms with Gasteiger partial charge in [-0.05, 0) is 24.7 Å². The number of aromatic nitrogens is 2. The van der Waals surface area contributed by atoms with Gasteiger partial charge in [-0.3, -0.25) is 4.79 Å². The van der Waals surface area contributed by atoms with Gasteiger partial charge in [-0.15, -0.1) is 0 Å². The fraction of sp³-hybridized carbons (Fsp3) is 0.615. The van der Waals surface area contributed by atoms with E-state index in [1.807, 2.05) is 0 Å². The molecule has 2 aliphatic carbocycles. The van der Waals surface area contributed by atoms with E-state index in [4.69, 9.17) is 0 Å². The van der Waals surface area contributed by atoms with Gasteiger partial charge in [-0.25, -0.2) is 9.78 Å². The molecule has 0 aromatic carbocycles. The molecule has 0 aliphatic heterocycles. The summed E-state index contributed by atoms with van der Waals surface area (Å²) in [5.41, 5.74) is 0.712. The molecule has 2 aliphatic rings. The first-order valence-electron chi connectivity index (χ1n) is 6.67. The number of amides is 1. The van der Waals surface area contributed by atoms with Gasteiger partial charge in [0.15, 0.2) is 0 Å². The zero-order chi connectivity index (χ0) is 13.4. The van der Waals surface area contributed by atoms with Crippen molar-refractivity contribution in [2.75, 3.05) is 0 Å². The summed E-state index contributed by atoms with van der Waals surface area (Å²) >= 11 is 0. The Morgan fingerprint density at radius 1 is 1.47 bits per heavy atom. The number of carboxylic acid groups (broad SMARTS) is 1. The SMILES string of the molecule is O=C(N[C@@H](Cc1cnc[nH]1)C(=O)O)C1C2CCCC21. The molecule has 3 atom stereocenters. The first-order chi connectivity index (χ1) is 9.16. The maximum atomic E-state index is 12.1. The molecular formula is C13H17N3O3. The normalized spacial score (nSPS) is 29.6. The predicted molar refractivity (Wildman–Crippen MR) is 66.2 cm³/mol. The molecule has 2 unspecified atom stereocenters. The quantitative estimate of drug-likeness (QED) is 0.723. The third-order valence-electron chi connectivity index (χ3n) is 4.30. The fourth-order valence-electron chi connectivity index (χ4n) is 3.29. The Morgan fingerprint density at radius 2 is 2.21 bits per heavy atom. The van der Waals surface area contributed by atoms with E-state index in [1.54, 1.807) is 6.20 Å². The van der Waals surface area contributed by atoms with Gasteiger partial charge in [0, 0.05) is 24.2 Å². The van der Waals surface area contributed by atoms with Crippen LogP contribution >= 0.6 is 0 Å². The molecule has 0 saturated heterocycles. The first kappa shape index (κ1) is 12.2. The number of carboxylic acids is 1. The summed E-state index contributed by atoms with van der Waals surface area (Å²) in [4.78, 5) is 30.0. The topological polar surface area (TPSA) is 95.1 Å². The number of hydrogen-bond donors (Lipinski definition) is 3. The maximum Gasteiger partial charge on any atom is 0.326 e. The fourth-order valence-corrected chi connectivity index (χ4v) is 3.29. The smallest absolute Gasteiger partial charge is 0.326 e. The van der Waals surface area contributed by atoms with Gasteiger partial charge in [0.1, 0.15) is 6.04 Å². The third kappa shape index (κ3) is 2.34. The van der Waals surface area contributed by atoms with Crippen LogP contribution in [0.1, 0.15) is 25.0 Å². The molecule has 1 amide bonds. The molecule has 19 heavy (non-hydrogen) atoms. The summed E-state index contributed by atoms with van der Waals surface area (Å²) in [5.74, 6) is -0.0454. The van der Waals surface area contributed by atoms with E-state index in [0.29, 0.717) is 17.5 Å². The minimum atomic E-state index is -1.01. The Balaban J connectivity index is 1.59. The lowest BCUT2D eigenvalue weighted by Gasteiger charge is -2.14. The van der Waals surface area contributed by atoms with Crippen LogP contribution in [0.5, 0.6) is 0 Å². The van der Waals surface area contributed by atoms with Crippen LogP contribution in [-0.2, 0) is 16.0 Å². The highest BCUT2D eigenvalue weighted by atomic mass is 16.4. The van der Waals surface area contributed by atoms with Gasteiger partial charge >= 0.3 is 5.97 Å². The lowest BCUT2D eigenvalue weighted by Crippen LogP contribution is -2.43. The number of rotatable bonds is 5. The lowest BCUT2D eigenvalue weighted by molar-refractivity contribution is -0.142. The van der Waals surface area contributed by atoms with E-state index < -0.39 is 12.0 Å². The van der Waals surface area contributed by atoms with Gasteiger partial charge in [0.25, 0.3) is 0 Å². The number of aromatic amines is 1. The van der Waals surface area contributed by atoms with Crippen LogP contribution in [0.3, 0.4) is 0 Å². The molecular weight excluding hydrogens is 246 g/mol. The number of H-pyrrole nitrogens is 1. The van der Waals surface area contributed by atoms with Crippen LogP contribution in [0.4, 0.5) is 0 Å². The molecule has 6 heteroatoms. The van der Waals surface area contributed by atoms with Crippen LogP contribution in [-0.4, -0.2) is 33.0 Å². The first-order valence-corrected chi connectivity index (χ1v) is 6.67. The Labute approximate surface area is 110 Å². The second-order valence-corrected chi connectivity index (χ2v) is 5.46. The van der Waals surface area contributed by atoms with Crippen molar-refractivity contribution in [3.63, 3.8) is 0 Å². The average Bonchev–Trinajstić information content (AvgIpc) is 2.79. The van der Waals surface area contributed by atoms with Crippen molar-refractivity contribution in [2.45, 2.75) is 31.7 Å². The van der Waals surface area contributed by atoms with Crippen LogP contribution in [0.15, 0.2) is 12.5 Å². The van der Waals surface area contributed by atoms with Crippen LogP contribution in [0.2, 0.25) is 0 Å². The number of carbonyl (C=O) groups excluding carboxylic acids is 1. The zero-order valence-electron chi connectivity index (χ0n) is 10.5. The summed E-state index contributed by atoms with van der Waals surface area (Å²) in [6, 6.07) is -0.880. The van der Waals surface area contributed by atoms with Crippen LogP contribution in [0, 0.1) is 17.8 Å². The van der Waals surface area contributed by atoms with Gasteiger partial charge in [0.2, 0.25) is 5.91 Å². The van der Waals surface area contributed by atoms with Gasteiger partial charge < -0.3 is 15.4 Å². The largest absolute Gasteiger partial charge is 0.480 e. The van der Waals surface area contributed by atoms with Crippen molar-refractivity contribution in [1.29, 1.82) is 0 Å². The Morgan fingerprint density at radius 3 is 2.79 bits per heavy atom. The number of carbonyl (C=O) groups is 2. The Kier molecular flexibility index (Phi) is 3.00. The van der Waals surface area contributed by atoms with E-state index in [0.717, 1.165) is 12.8 Å². The third-order valence-corrected chi connectivity index (χ3v) is 4.30. The molecule has 0 radical (unpaired) electrons. The van der Waals surface area contributed by atoms with Gasteiger partial charge in [0.05, 0.1) is 6.33 Å². The molecule has 2 fully saturated rings. The summed E-state index contributed by atoms with van der Waals surface area (Å²) in [6.45, 7) is 0. The van der Waals surface area contributed by atoms with Crippen LogP contribution < -0.4 is 5.32 Å². The summed E-state index contributed by atoms with van der Waals surface area (Å²) in [6.07, 6.45) is 6.75.